The van der Waals surface area contributed by atoms with Gasteiger partial charge in [-0.1, -0.05) is 12.1 Å². The second-order valence-electron chi connectivity index (χ2n) is 6.36. The van der Waals surface area contributed by atoms with E-state index in [1.807, 2.05) is 41.3 Å². The van der Waals surface area contributed by atoms with Crippen LogP contribution in [0.25, 0.3) is 16.0 Å². The zero-order valence-electron chi connectivity index (χ0n) is 14.8. The van der Waals surface area contributed by atoms with Crippen molar-refractivity contribution in [1.29, 1.82) is 0 Å². The average Bonchev–Trinajstić information content (AvgIpc) is 3.43. The van der Waals surface area contributed by atoms with Crippen LogP contribution in [0, 0.1) is 0 Å². The summed E-state index contributed by atoms with van der Waals surface area (Å²) in [5.41, 5.74) is 0.872. The molecule has 9 nitrogen and oxygen atoms in total. The van der Waals surface area contributed by atoms with Crippen molar-refractivity contribution in [2.24, 2.45) is 0 Å². The first-order valence-electron chi connectivity index (χ1n) is 8.86. The molecule has 0 bridgehead atoms. The normalized spacial score (nSPS) is 14.6. The highest BCUT2D eigenvalue weighted by atomic mass is 32.1. The lowest BCUT2D eigenvalue weighted by molar-refractivity contribution is 0.0746. The molecule has 0 saturated carbocycles. The van der Waals surface area contributed by atoms with Crippen LogP contribution in [0.2, 0.25) is 0 Å². The molecule has 0 radical (unpaired) electrons. The van der Waals surface area contributed by atoms with Gasteiger partial charge in [-0.05, 0) is 24.3 Å². The number of amides is 1. The quantitative estimate of drug-likeness (QED) is 0.523. The van der Waals surface area contributed by atoms with Gasteiger partial charge in [0, 0.05) is 26.2 Å². The van der Waals surface area contributed by atoms with Crippen LogP contribution in [0.3, 0.4) is 0 Å². The number of para-hydroxylation sites is 1. The van der Waals surface area contributed by atoms with Crippen LogP contribution in [0.5, 0.6) is 0 Å². The molecular formula is C18H16N8OS. The second kappa shape index (κ2) is 6.97. The highest BCUT2D eigenvalue weighted by Gasteiger charge is 2.25. The van der Waals surface area contributed by atoms with Crippen molar-refractivity contribution in [1.82, 2.24) is 34.8 Å². The van der Waals surface area contributed by atoms with E-state index in [9.17, 15) is 4.79 Å². The number of thiazole rings is 1. The number of fused-ring (bicyclic) bond motifs is 1. The number of carbonyl (C=O) groups excluding carboxylic acids is 1. The van der Waals surface area contributed by atoms with Gasteiger partial charge in [-0.3, -0.25) is 4.79 Å². The zero-order valence-corrected chi connectivity index (χ0v) is 15.7. The summed E-state index contributed by atoms with van der Waals surface area (Å²) in [7, 11) is 0. The van der Waals surface area contributed by atoms with E-state index in [2.05, 4.69) is 30.2 Å². The zero-order chi connectivity index (χ0) is 18.9. The first kappa shape index (κ1) is 16.8. The lowest BCUT2D eigenvalue weighted by Gasteiger charge is -2.34. The summed E-state index contributed by atoms with van der Waals surface area (Å²) in [5, 5.41) is 13.1. The third kappa shape index (κ3) is 3.07. The average molecular weight is 392 g/mol. The fourth-order valence-electron chi connectivity index (χ4n) is 3.17. The molecule has 140 valence electrons. The van der Waals surface area contributed by atoms with Crippen LogP contribution in [0.1, 0.15) is 9.80 Å². The Morgan fingerprint density at radius 1 is 0.964 bits per heavy atom. The number of carbonyl (C=O) groups is 1. The lowest BCUT2D eigenvalue weighted by atomic mass is 10.3. The van der Waals surface area contributed by atoms with Crippen LogP contribution in [0.4, 0.5) is 5.82 Å². The van der Waals surface area contributed by atoms with Crippen molar-refractivity contribution in [2.45, 2.75) is 0 Å². The van der Waals surface area contributed by atoms with E-state index in [4.69, 9.17) is 0 Å². The van der Waals surface area contributed by atoms with E-state index in [-0.39, 0.29) is 5.91 Å². The van der Waals surface area contributed by atoms with Gasteiger partial charge < -0.3 is 9.80 Å². The van der Waals surface area contributed by atoms with Gasteiger partial charge in [0.2, 0.25) is 0 Å². The van der Waals surface area contributed by atoms with Gasteiger partial charge in [0.25, 0.3) is 5.91 Å². The van der Waals surface area contributed by atoms with Gasteiger partial charge in [-0.2, -0.15) is 5.10 Å². The minimum Gasteiger partial charge on any atom is -0.352 e. The second-order valence-corrected chi connectivity index (χ2v) is 7.39. The summed E-state index contributed by atoms with van der Waals surface area (Å²) >= 11 is 1.44. The molecule has 1 aliphatic rings. The molecule has 1 aromatic carbocycles. The molecule has 28 heavy (non-hydrogen) atoms. The van der Waals surface area contributed by atoms with Crippen LogP contribution >= 0.6 is 11.3 Å². The summed E-state index contributed by atoms with van der Waals surface area (Å²) in [6, 6.07) is 11.6. The standard InChI is InChI=1S/C18H16N8OS/c27-18(17-21-13-3-1-2-4-14(13)28-17)25-9-7-24(8-10-25)15-5-6-16(23-22-15)26-12-19-11-20-26/h1-6,11-12H,7-10H2. The molecule has 4 heterocycles. The number of rotatable bonds is 3. The third-order valence-corrected chi connectivity index (χ3v) is 5.68. The molecule has 0 atom stereocenters. The molecule has 1 aliphatic heterocycles. The van der Waals surface area contributed by atoms with E-state index in [1.54, 1.807) is 11.0 Å². The van der Waals surface area contributed by atoms with Gasteiger partial charge in [-0.25, -0.2) is 14.6 Å². The van der Waals surface area contributed by atoms with Gasteiger partial charge in [0.1, 0.15) is 12.7 Å². The molecule has 4 aromatic rings. The van der Waals surface area contributed by atoms with Crippen molar-refractivity contribution < 1.29 is 4.79 Å². The lowest BCUT2D eigenvalue weighted by Crippen LogP contribution is -2.49. The number of benzene rings is 1. The van der Waals surface area contributed by atoms with Crippen LogP contribution in [0.15, 0.2) is 49.1 Å². The Hall–Kier alpha value is -3.40. The molecule has 5 rings (SSSR count). The predicted molar refractivity (Wildman–Crippen MR) is 105 cm³/mol. The van der Waals surface area contributed by atoms with Crippen LogP contribution in [-0.2, 0) is 0 Å². The molecule has 1 amide bonds. The molecule has 10 heteroatoms. The van der Waals surface area contributed by atoms with Crippen molar-refractivity contribution in [3.8, 4) is 5.82 Å². The number of hydrogen-bond donors (Lipinski definition) is 0. The smallest absolute Gasteiger partial charge is 0.282 e. The Bertz CT molecular complexity index is 1070. The molecule has 0 N–H and O–H groups in total. The number of piperazine rings is 1. The Morgan fingerprint density at radius 2 is 1.75 bits per heavy atom. The fourth-order valence-corrected chi connectivity index (χ4v) is 4.11. The van der Waals surface area contributed by atoms with Crippen molar-refractivity contribution in [3.05, 3.63) is 54.1 Å². The summed E-state index contributed by atoms with van der Waals surface area (Å²) in [6.45, 7) is 2.66. The number of anilines is 1. The van der Waals surface area contributed by atoms with Crippen molar-refractivity contribution in [2.75, 3.05) is 31.1 Å². The molecule has 0 aliphatic carbocycles. The van der Waals surface area contributed by atoms with E-state index in [0.717, 1.165) is 16.0 Å². The Morgan fingerprint density at radius 3 is 2.46 bits per heavy atom. The third-order valence-electron chi connectivity index (χ3n) is 4.66. The van der Waals surface area contributed by atoms with E-state index in [0.29, 0.717) is 37.0 Å². The van der Waals surface area contributed by atoms with Gasteiger partial charge in [-0.15, -0.1) is 21.5 Å². The predicted octanol–water partition coefficient (Wildman–Crippen LogP) is 1.63. The fraction of sp³-hybridized carbons (Fsp3) is 0.222. The first-order valence-corrected chi connectivity index (χ1v) is 9.68. The molecule has 0 unspecified atom stereocenters. The maximum absolute atomic E-state index is 12.8. The minimum atomic E-state index is -0.00605. The highest BCUT2D eigenvalue weighted by molar-refractivity contribution is 7.20. The van der Waals surface area contributed by atoms with E-state index >= 15 is 0 Å². The Balaban J connectivity index is 1.25. The molecular weight excluding hydrogens is 376 g/mol. The first-order chi connectivity index (χ1) is 13.8. The van der Waals surface area contributed by atoms with Gasteiger partial charge in [0.15, 0.2) is 16.6 Å². The van der Waals surface area contributed by atoms with E-state index < -0.39 is 0 Å². The molecule has 1 saturated heterocycles. The van der Waals surface area contributed by atoms with Crippen molar-refractivity contribution >= 4 is 33.3 Å². The van der Waals surface area contributed by atoms with Crippen LogP contribution < -0.4 is 4.90 Å². The van der Waals surface area contributed by atoms with Crippen molar-refractivity contribution in [3.63, 3.8) is 0 Å². The monoisotopic (exact) mass is 392 g/mol. The molecule has 0 spiro atoms. The summed E-state index contributed by atoms with van der Waals surface area (Å²) < 4.78 is 2.60. The topological polar surface area (TPSA) is 92.9 Å². The largest absolute Gasteiger partial charge is 0.352 e. The number of hydrogen-bond acceptors (Lipinski definition) is 8. The number of aromatic nitrogens is 6. The molecule has 1 fully saturated rings. The van der Waals surface area contributed by atoms with Gasteiger partial charge in [0.05, 0.1) is 10.2 Å². The minimum absolute atomic E-state index is 0.00605. The maximum Gasteiger partial charge on any atom is 0.282 e. The Labute approximate surface area is 164 Å². The van der Waals surface area contributed by atoms with Crippen LogP contribution in [-0.4, -0.2) is 66.9 Å². The molecule has 3 aromatic heterocycles. The summed E-state index contributed by atoms with van der Waals surface area (Å²) in [5.74, 6) is 1.40. The summed E-state index contributed by atoms with van der Waals surface area (Å²) in [4.78, 5) is 25.2. The van der Waals surface area contributed by atoms with E-state index in [1.165, 1.54) is 17.7 Å². The SMILES string of the molecule is O=C(c1nc2ccccc2s1)N1CCN(c2ccc(-n3cncn3)nn2)CC1. The van der Waals surface area contributed by atoms with Gasteiger partial charge >= 0.3 is 0 Å². The Kier molecular flexibility index (Phi) is 4.17. The number of nitrogens with zero attached hydrogens (tertiary/aromatic N) is 8. The maximum atomic E-state index is 12.8. The summed E-state index contributed by atoms with van der Waals surface area (Å²) in [6.07, 6.45) is 3.04. The highest BCUT2D eigenvalue weighted by Crippen LogP contribution is 2.23.